The number of carbonyl (C=O) groups is 1. The van der Waals surface area contributed by atoms with Crippen LogP contribution in [0, 0.1) is 5.92 Å². The molecule has 2 saturated carbocycles. The molecule has 8 nitrogen and oxygen atoms in total. The lowest BCUT2D eigenvalue weighted by atomic mass is 9.98. The molecule has 2 aromatic heterocycles. The maximum Gasteiger partial charge on any atom is 0.257 e. The summed E-state index contributed by atoms with van der Waals surface area (Å²) in [4.78, 5) is 23.0. The Morgan fingerprint density at radius 2 is 1.79 bits per heavy atom. The number of sulfone groups is 1. The molecule has 2 fully saturated rings. The van der Waals surface area contributed by atoms with Crippen molar-refractivity contribution in [3.63, 3.8) is 0 Å². The maximum absolute atomic E-state index is 13.9. The summed E-state index contributed by atoms with van der Waals surface area (Å²) in [5, 5.41) is 2.70. The zero-order valence-electron chi connectivity index (χ0n) is 20.6. The van der Waals surface area contributed by atoms with Gasteiger partial charge in [-0.3, -0.25) is 10.1 Å². The van der Waals surface area contributed by atoms with Crippen LogP contribution in [0.4, 0.5) is 13.9 Å². The van der Waals surface area contributed by atoms with Crippen molar-refractivity contribution in [2.45, 2.75) is 48.2 Å². The molecule has 0 saturated heterocycles. The number of carbonyl (C=O) groups excluding carboxylic acids is 1. The number of benzene rings is 1. The number of allylic oxidation sites excluding steroid dienone is 1. The Balaban J connectivity index is 1.39. The zero-order valence-corrected chi connectivity index (χ0v) is 22.2. The van der Waals surface area contributed by atoms with Gasteiger partial charge in [-0.15, -0.1) is 0 Å². The van der Waals surface area contributed by atoms with Crippen LogP contribution >= 0.6 is 11.3 Å². The van der Waals surface area contributed by atoms with Crippen molar-refractivity contribution >= 4 is 48.1 Å². The Hall–Kier alpha value is -2.96. The monoisotopic (exact) mass is 563 g/mol. The molecule has 3 atom stereocenters. The van der Waals surface area contributed by atoms with Crippen molar-refractivity contribution in [1.82, 2.24) is 9.97 Å². The summed E-state index contributed by atoms with van der Waals surface area (Å²) in [5.41, 5.74) is 1.21. The number of hydrogen-bond acceptors (Lipinski definition) is 8. The highest BCUT2D eigenvalue weighted by Crippen LogP contribution is 2.36. The predicted molar refractivity (Wildman–Crippen MR) is 141 cm³/mol. The zero-order chi connectivity index (χ0) is 26.9. The van der Waals surface area contributed by atoms with Gasteiger partial charge in [0.1, 0.15) is 29.3 Å². The van der Waals surface area contributed by atoms with E-state index in [9.17, 15) is 22.0 Å². The van der Waals surface area contributed by atoms with Crippen molar-refractivity contribution in [1.29, 1.82) is 0 Å². The molecule has 2 aliphatic rings. The fourth-order valence-corrected chi connectivity index (χ4v) is 6.85. The van der Waals surface area contributed by atoms with Crippen LogP contribution in [-0.4, -0.2) is 62.2 Å². The number of nitrogens with one attached hydrogen (secondary N) is 1. The molecular weight excluding hydrogens is 536 g/mol. The summed E-state index contributed by atoms with van der Waals surface area (Å²) >= 11 is 1.16. The number of fused-ring (bicyclic) bond motifs is 1. The number of aromatic nitrogens is 2. The summed E-state index contributed by atoms with van der Waals surface area (Å²) in [6.07, 6.45) is -0.354. The van der Waals surface area contributed by atoms with Gasteiger partial charge in [-0.1, -0.05) is 29.5 Å². The molecule has 38 heavy (non-hydrogen) atoms. The van der Waals surface area contributed by atoms with E-state index in [4.69, 9.17) is 9.47 Å². The lowest BCUT2D eigenvalue weighted by Gasteiger charge is -2.12. The van der Waals surface area contributed by atoms with Gasteiger partial charge in [0.15, 0.2) is 15.0 Å². The third-order valence-corrected chi connectivity index (χ3v) is 9.70. The van der Waals surface area contributed by atoms with Crippen molar-refractivity contribution < 1.29 is 31.5 Å². The first kappa shape index (κ1) is 26.6. The number of amides is 1. The number of anilines is 1. The van der Waals surface area contributed by atoms with E-state index >= 15 is 0 Å². The Kier molecular flexibility index (Phi) is 7.73. The van der Waals surface area contributed by atoms with Gasteiger partial charge in [0.05, 0.1) is 16.8 Å². The molecule has 1 aromatic carbocycles. The second-order valence-electron chi connectivity index (χ2n) is 9.40. The van der Waals surface area contributed by atoms with Gasteiger partial charge in [0, 0.05) is 18.7 Å². The number of ether oxygens (including phenoxy) is 2. The van der Waals surface area contributed by atoms with Crippen LogP contribution in [0.15, 0.2) is 47.4 Å². The van der Waals surface area contributed by atoms with Crippen molar-refractivity contribution in [2.24, 2.45) is 5.92 Å². The molecule has 0 aliphatic heterocycles. The van der Waals surface area contributed by atoms with Gasteiger partial charge in [0.2, 0.25) is 5.88 Å². The highest BCUT2D eigenvalue weighted by Gasteiger charge is 2.37. The average Bonchev–Trinajstić information content (AvgIpc) is 3.61. The van der Waals surface area contributed by atoms with Crippen LogP contribution in [0.5, 0.6) is 5.88 Å². The molecule has 0 spiro atoms. The van der Waals surface area contributed by atoms with Gasteiger partial charge in [-0.05, 0) is 55.4 Å². The van der Waals surface area contributed by atoms with Gasteiger partial charge < -0.3 is 9.47 Å². The first-order valence-corrected chi connectivity index (χ1v) is 14.7. The minimum absolute atomic E-state index is 0.0248. The lowest BCUT2D eigenvalue weighted by Crippen LogP contribution is -2.15. The smallest absolute Gasteiger partial charge is 0.257 e. The molecule has 2 aliphatic carbocycles. The number of alkyl halides is 2. The molecule has 2 heterocycles. The normalized spacial score (nSPS) is 22.1. The van der Waals surface area contributed by atoms with Crippen molar-refractivity contribution in [2.75, 3.05) is 25.6 Å². The number of rotatable bonds is 10. The molecule has 5 rings (SSSR count). The Morgan fingerprint density at radius 3 is 2.45 bits per heavy atom. The van der Waals surface area contributed by atoms with Crippen molar-refractivity contribution in [3.05, 3.63) is 48.0 Å². The predicted octanol–water partition coefficient (Wildman–Crippen LogP) is 4.76. The first-order chi connectivity index (χ1) is 18.2. The molecule has 202 valence electrons. The Labute approximate surface area is 223 Å². The van der Waals surface area contributed by atoms with Crippen LogP contribution in [0.3, 0.4) is 0 Å². The second kappa shape index (κ2) is 11.0. The van der Waals surface area contributed by atoms with E-state index in [1.165, 1.54) is 12.1 Å². The van der Waals surface area contributed by atoms with E-state index in [1.54, 1.807) is 37.5 Å². The first-order valence-electron chi connectivity index (χ1n) is 12.3. The van der Waals surface area contributed by atoms with Crippen LogP contribution in [-0.2, 0) is 19.4 Å². The van der Waals surface area contributed by atoms with Gasteiger partial charge in [0.25, 0.3) is 5.91 Å². The van der Waals surface area contributed by atoms with E-state index in [0.29, 0.717) is 53.0 Å². The second-order valence-corrected chi connectivity index (χ2v) is 12.6. The molecular formula is C26H27F2N3O5S2. The average molecular weight is 564 g/mol. The third kappa shape index (κ3) is 5.87. The molecule has 1 N–H and O–H groups in total. The molecule has 0 radical (unpaired) electrons. The summed E-state index contributed by atoms with van der Waals surface area (Å²) in [6, 6.07) is 9.46. The van der Waals surface area contributed by atoms with Crippen molar-refractivity contribution in [3.8, 4) is 5.88 Å². The topological polar surface area (TPSA) is 107 Å². The number of halogens is 2. The minimum Gasteiger partial charge on any atom is -0.475 e. The summed E-state index contributed by atoms with van der Waals surface area (Å²) in [7, 11) is -1.82. The van der Waals surface area contributed by atoms with Crippen LogP contribution in [0.2, 0.25) is 0 Å². The number of thiazole rings is 1. The number of methoxy groups -OCH3 is 1. The molecule has 1 amide bonds. The van der Waals surface area contributed by atoms with Gasteiger partial charge in [-0.25, -0.2) is 27.2 Å². The van der Waals surface area contributed by atoms with Crippen LogP contribution < -0.4 is 10.1 Å². The van der Waals surface area contributed by atoms with E-state index in [-0.39, 0.29) is 28.6 Å². The van der Waals surface area contributed by atoms with E-state index in [2.05, 4.69) is 15.3 Å². The fourth-order valence-electron chi connectivity index (χ4n) is 4.37. The number of nitrogens with zero attached hydrogens (tertiary/aromatic N) is 2. The molecule has 1 unspecified atom stereocenters. The summed E-state index contributed by atoms with van der Waals surface area (Å²) in [5.74, 6) is -0.587. The maximum atomic E-state index is 13.9. The number of pyridine rings is 1. The SMILES string of the molecule is COCCOc1ccc2nc(NC(=O)/C(=C/C3C[C@@H](F)[C@@H](F)C3)c3ccc(S(=O)(=O)C4CC4)cc3)sc2n1. The van der Waals surface area contributed by atoms with Gasteiger partial charge >= 0.3 is 0 Å². The standard InChI is InChI=1S/C26H27F2N3O5S2/c1-35-10-11-36-23-9-8-22-25(30-23)37-26(29-22)31-24(32)19(12-15-13-20(27)21(28)14-15)16-2-4-17(5-3-16)38(33,34)18-6-7-18/h2-5,8-9,12,15,18,20-21H,6-7,10-11,13-14H2,1H3,(H,29,31,32)/b19-12+/t15?,20-,21+. The lowest BCUT2D eigenvalue weighted by molar-refractivity contribution is -0.111. The molecule has 0 bridgehead atoms. The van der Waals surface area contributed by atoms with E-state index < -0.39 is 34.0 Å². The van der Waals surface area contributed by atoms with Crippen LogP contribution in [0.25, 0.3) is 15.9 Å². The van der Waals surface area contributed by atoms with Gasteiger partial charge in [-0.2, -0.15) is 0 Å². The van der Waals surface area contributed by atoms with E-state index in [1.807, 2.05) is 0 Å². The van der Waals surface area contributed by atoms with E-state index in [0.717, 1.165) is 11.3 Å². The number of hydrogen-bond donors (Lipinski definition) is 1. The minimum atomic E-state index is -3.39. The highest BCUT2D eigenvalue weighted by molar-refractivity contribution is 7.92. The summed E-state index contributed by atoms with van der Waals surface area (Å²) in [6.45, 7) is 0.757. The third-order valence-electron chi connectivity index (χ3n) is 6.54. The fraction of sp³-hybridized carbons (Fsp3) is 0.423. The molecule has 12 heteroatoms. The summed E-state index contributed by atoms with van der Waals surface area (Å²) < 4.78 is 63.4. The van der Waals surface area contributed by atoms with Crippen LogP contribution in [0.1, 0.15) is 31.2 Å². The largest absolute Gasteiger partial charge is 0.475 e. The molecule has 3 aromatic rings. The Morgan fingerprint density at radius 1 is 1.08 bits per heavy atom. The highest BCUT2D eigenvalue weighted by atomic mass is 32.2. The quantitative estimate of drug-likeness (QED) is 0.280. The Bertz CT molecular complexity index is 1450.